The molecular weight excluding hydrogens is 178 g/mol. The Morgan fingerprint density at radius 3 is 2.86 bits per heavy atom. The fraction of sp³-hybridized carbons (Fsp3) is 0.273. The van der Waals surface area contributed by atoms with Gasteiger partial charge in [-0.25, -0.2) is 0 Å². The van der Waals surface area contributed by atoms with Gasteiger partial charge in [0.25, 0.3) is 0 Å². The highest BCUT2D eigenvalue weighted by Gasteiger charge is 2.09. The zero-order valence-corrected chi connectivity index (χ0v) is 8.23. The number of phenols is 1. The summed E-state index contributed by atoms with van der Waals surface area (Å²) < 4.78 is 4.97. The lowest BCUT2D eigenvalue weighted by atomic mass is 10.0. The van der Waals surface area contributed by atoms with Gasteiger partial charge < -0.3 is 15.6 Å². The molecule has 1 atom stereocenters. The first-order valence-corrected chi connectivity index (χ1v) is 4.42. The first-order chi connectivity index (χ1) is 6.69. The number of hydrogen-bond donors (Lipinski definition) is 2. The Bertz CT molecular complexity index is 323. The van der Waals surface area contributed by atoms with Gasteiger partial charge >= 0.3 is 0 Å². The molecule has 0 aromatic heterocycles. The second-order valence-electron chi connectivity index (χ2n) is 3.06. The topological polar surface area (TPSA) is 55.5 Å². The Balaban J connectivity index is 2.93. The van der Waals surface area contributed by atoms with Crippen LogP contribution in [0.2, 0.25) is 0 Å². The fourth-order valence-corrected chi connectivity index (χ4v) is 1.27. The normalized spacial score (nSPS) is 12.1. The summed E-state index contributed by atoms with van der Waals surface area (Å²) >= 11 is 0. The third kappa shape index (κ3) is 2.26. The van der Waals surface area contributed by atoms with Crippen molar-refractivity contribution in [1.29, 1.82) is 0 Å². The van der Waals surface area contributed by atoms with Crippen molar-refractivity contribution in [3.8, 4) is 11.5 Å². The monoisotopic (exact) mass is 193 g/mol. The molecule has 0 unspecified atom stereocenters. The van der Waals surface area contributed by atoms with Crippen LogP contribution >= 0.6 is 0 Å². The van der Waals surface area contributed by atoms with Crippen molar-refractivity contribution in [3.05, 3.63) is 36.4 Å². The average Bonchev–Trinajstić information content (AvgIpc) is 2.17. The van der Waals surface area contributed by atoms with Crippen LogP contribution in [0, 0.1) is 0 Å². The number of nitrogens with two attached hydrogens (primary N) is 1. The maximum Gasteiger partial charge on any atom is 0.124 e. The standard InChI is InChI=1S/C11H15NO2/c1-3-4-10(12)9-6-5-8(14-2)7-11(9)13/h3,5-7,10,13H,1,4,12H2,2H3/t10-/m0/s1. The molecule has 0 aliphatic rings. The van der Waals surface area contributed by atoms with Gasteiger partial charge in [0.2, 0.25) is 0 Å². The minimum Gasteiger partial charge on any atom is -0.507 e. The van der Waals surface area contributed by atoms with Crippen molar-refractivity contribution in [2.75, 3.05) is 7.11 Å². The number of phenolic OH excluding ortho intramolecular Hbond substituents is 1. The molecule has 0 spiro atoms. The molecule has 0 amide bonds. The number of ether oxygens (including phenoxy) is 1. The van der Waals surface area contributed by atoms with Crippen LogP contribution in [0.25, 0.3) is 0 Å². The highest BCUT2D eigenvalue weighted by molar-refractivity contribution is 5.41. The van der Waals surface area contributed by atoms with Crippen LogP contribution in [0.4, 0.5) is 0 Å². The second-order valence-corrected chi connectivity index (χ2v) is 3.06. The first-order valence-electron chi connectivity index (χ1n) is 4.42. The van der Waals surface area contributed by atoms with E-state index in [1.165, 1.54) is 0 Å². The second kappa shape index (κ2) is 4.67. The summed E-state index contributed by atoms with van der Waals surface area (Å²) in [5, 5.41) is 9.63. The highest BCUT2D eigenvalue weighted by atomic mass is 16.5. The van der Waals surface area contributed by atoms with Crippen molar-refractivity contribution >= 4 is 0 Å². The lowest BCUT2D eigenvalue weighted by Gasteiger charge is -2.12. The van der Waals surface area contributed by atoms with Crippen molar-refractivity contribution in [2.45, 2.75) is 12.5 Å². The van der Waals surface area contributed by atoms with Gasteiger partial charge in [0.15, 0.2) is 0 Å². The predicted octanol–water partition coefficient (Wildman–Crippen LogP) is 1.98. The van der Waals surface area contributed by atoms with Gasteiger partial charge in [-0.1, -0.05) is 12.1 Å². The molecule has 0 radical (unpaired) electrons. The summed E-state index contributed by atoms with van der Waals surface area (Å²) in [5.74, 6) is 0.788. The van der Waals surface area contributed by atoms with Gasteiger partial charge in [-0.2, -0.15) is 0 Å². The predicted molar refractivity (Wildman–Crippen MR) is 56.4 cm³/mol. The van der Waals surface area contributed by atoms with E-state index in [2.05, 4.69) is 6.58 Å². The maximum absolute atomic E-state index is 9.63. The van der Waals surface area contributed by atoms with E-state index in [0.717, 1.165) is 0 Å². The number of benzene rings is 1. The van der Waals surface area contributed by atoms with E-state index in [-0.39, 0.29) is 11.8 Å². The van der Waals surface area contributed by atoms with Crippen LogP contribution in [-0.2, 0) is 0 Å². The summed E-state index contributed by atoms with van der Waals surface area (Å²) in [6, 6.07) is 4.89. The van der Waals surface area contributed by atoms with Crippen LogP contribution in [0.15, 0.2) is 30.9 Å². The van der Waals surface area contributed by atoms with Gasteiger partial charge in [-0.3, -0.25) is 0 Å². The summed E-state index contributed by atoms with van der Waals surface area (Å²) in [5.41, 5.74) is 6.54. The average molecular weight is 193 g/mol. The van der Waals surface area contributed by atoms with Crippen molar-refractivity contribution in [3.63, 3.8) is 0 Å². The Morgan fingerprint density at radius 1 is 1.64 bits per heavy atom. The summed E-state index contributed by atoms with van der Waals surface area (Å²) in [7, 11) is 1.55. The van der Waals surface area contributed by atoms with Gasteiger partial charge in [-0.05, 0) is 12.5 Å². The minimum atomic E-state index is -0.210. The molecule has 76 valence electrons. The van der Waals surface area contributed by atoms with E-state index in [0.29, 0.717) is 17.7 Å². The Labute approximate surface area is 83.8 Å². The maximum atomic E-state index is 9.63. The molecule has 0 aliphatic carbocycles. The zero-order valence-electron chi connectivity index (χ0n) is 8.23. The molecule has 3 N–H and O–H groups in total. The molecule has 0 saturated carbocycles. The molecular formula is C11H15NO2. The van der Waals surface area contributed by atoms with Gasteiger partial charge in [0, 0.05) is 17.7 Å². The number of aromatic hydroxyl groups is 1. The van der Waals surface area contributed by atoms with Crippen LogP contribution in [0.3, 0.4) is 0 Å². The molecule has 14 heavy (non-hydrogen) atoms. The third-order valence-corrected chi connectivity index (χ3v) is 2.06. The van der Waals surface area contributed by atoms with Crippen LogP contribution in [-0.4, -0.2) is 12.2 Å². The van der Waals surface area contributed by atoms with Crippen LogP contribution in [0.5, 0.6) is 11.5 Å². The molecule has 3 nitrogen and oxygen atoms in total. The quantitative estimate of drug-likeness (QED) is 0.719. The number of hydrogen-bond acceptors (Lipinski definition) is 3. The SMILES string of the molecule is C=CC[C@H](N)c1ccc(OC)cc1O. The molecule has 1 aromatic carbocycles. The van der Waals surface area contributed by atoms with Gasteiger partial charge in [0.05, 0.1) is 7.11 Å². The molecule has 3 heteroatoms. The molecule has 0 heterocycles. The van der Waals surface area contributed by atoms with E-state index in [4.69, 9.17) is 10.5 Å². The Kier molecular flexibility index (Phi) is 3.54. The molecule has 1 aromatic rings. The highest BCUT2D eigenvalue weighted by Crippen LogP contribution is 2.28. The molecule has 0 bridgehead atoms. The lowest BCUT2D eigenvalue weighted by Crippen LogP contribution is -2.09. The number of methoxy groups -OCH3 is 1. The van der Waals surface area contributed by atoms with Gasteiger partial charge in [-0.15, -0.1) is 6.58 Å². The van der Waals surface area contributed by atoms with Gasteiger partial charge in [0.1, 0.15) is 11.5 Å². The van der Waals surface area contributed by atoms with E-state index in [1.54, 1.807) is 31.4 Å². The van der Waals surface area contributed by atoms with E-state index in [1.807, 2.05) is 0 Å². The third-order valence-electron chi connectivity index (χ3n) is 2.06. The van der Waals surface area contributed by atoms with Crippen molar-refractivity contribution in [1.82, 2.24) is 0 Å². The van der Waals surface area contributed by atoms with E-state index < -0.39 is 0 Å². The summed E-state index contributed by atoms with van der Waals surface area (Å²) in [4.78, 5) is 0. The summed E-state index contributed by atoms with van der Waals surface area (Å²) in [6.07, 6.45) is 2.37. The van der Waals surface area contributed by atoms with E-state index in [9.17, 15) is 5.11 Å². The molecule has 0 aliphatic heterocycles. The van der Waals surface area contributed by atoms with Crippen molar-refractivity contribution < 1.29 is 9.84 Å². The smallest absolute Gasteiger partial charge is 0.124 e. The van der Waals surface area contributed by atoms with Crippen molar-refractivity contribution in [2.24, 2.45) is 5.73 Å². The Hall–Kier alpha value is -1.48. The van der Waals surface area contributed by atoms with Crippen LogP contribution < -0.4 is 10.5 Å². The lowest BCUT2D eigenvalue weighted by molar-refractivity contribution is 0.405. The largest absolute Gasteiger partial charge is 0.507 e. The van der Waals surface area contributed by atoms with Crippen LogP contribution in [0.1, 0.15) is 18.0 Å². The molecule has 0 fully saturated rings. The Morgan fingerprint density at radius 2 is 2.36 bits per heavy atom. The fourth-order valence-electron chi connectivity index (χ4n) is 1.27. The molecule has 0 saturated heterocycles. The zero-order chi connectivity index (χ0) is 10.6. The van der Waals surface area contributed by atoms with E-state index >= 15 is 0 Å². The molecule has 1 rings (SSSR count). The summed E-state index contributed by atoms with van der Waals surface area (Å²) in [6.45, 7) is 3.60. The number of rotatable bonds is 4. The first kappa shape index (κ1) is 10.6. The minimum absolute atomic E-state index is 0.165.